The van der Waals surface area contributed by atoms with Crippen LogP contribution in [0.5, 0.6) is 0 Å². The van der Waals surface area contributed by atoms with Crippen LogP contribution in [-0.4, -0.2) is 31.6 Å². The van der Waals surface area contributed by atoms with Crippen molar-refractivity contribution in [3.05, 3.63) is 35.9 Å². The summed E-state index contributed by atoms with van der Waals surface area (Å²) in [4.78, 5) is 2.33. The van der Waals surface area contributed by atoms with E-state index in [0.717, 1.165) is 31.1 Å². The van der Waals surface area contributed by atoms with E-state index in [1.165, 1.54) is 25.7 Å². The molecule has 0 aliphatic heterocycles. The quantitative estimate of drug-likeness (QED) is 0.836. The molecule has 1 N–H and O–H groups in total. The third-order valence-corrected chi connectivity index (χ3v) is 4.49. The summed E-state index contributed by atoms with van der Waals surface area (Å²) in [7, 11) is 2.14. The number of hydrogen-bond donors (Lipinski definition) is 1. The van der Waals surface area contributed by atoms with Crippen molar-refractivity contribution in [2.75, 3.05) is 26.7 Å². The smallest absolute Gasteiger partial charge is 0.145 e. The van der Waals surface area contributed by atoms with E-state index in [1.54, 1.807) is 0 Å². The lowest BCUT2D eigenvalue weighted by molar-refractivity contribution is 0.221. The first-order valence-corrected chi connectivity index (χ1v) is 8.10. The molecule has 3 heteroatoms. The standard InChI is InChI=1S/C18H27N3/c1-3-20-18(14-19,17-11-5-4-6-12-17)15-21(2)13-16-9-7-8-10-16/h4-6,11-12,16,20H,3,7-10,13,15H2,1-2H3. The van der Waals surface area contributed by atoms with Crippen molar-refractivity contribution in [3.8, 4) is 6.07 Å². The highest BCUT2D eigenvalue weighted by molar-refractivity contribution is 5.32. The van der Waals surface area contributed by atoms with E-state index in [-0.39, 0.29) is 0 Å². The van der Waals surface area contributed by atoms with Gasteiger partial charge in [-0.3, -0.25) is 5.32 Å². The predicted molar refractivity (Wildman–Crippen MR) is 86.9 cm³/mol. The van der Waals surface area contributed by atoms with Crippen LogP contribution in [-0.2, 0) is 5.54 Å². The van der Waals surface area contributed by atoms with Gasteiger partial charge in [-0.2, -0.15) is 5.26 Å². The summed E-state index contributed by atoms with van der Waals surface area (Å²) in [6, 6.07) is 12.7. The minimum absolute atomic E-state index is 0.608. The molecule has 0 radical (unpaired) electrons. The first-order valence-electron chi connectivity index (χ1n) is 8.10. The topological polar surface area (TPSA) is 39.1 Å². The van der Waals surface area contributed by atoms with Gasteiger partial charge >= 0.3 is 0 Å². The molecular weight excluding hydrogens is 258 g/mol. The predicted octanol–water partition coefficient (Wildman–Crippen LogP) is 3.14. The van der Waals surface area contributed by atoms with Gasteiger partial charge in [0.05, 0.1) is 6.07 Å². The minimum atomic E-state index is -0.608. The average Bonchev–Trinajstić information content (AvgIpc) is 3.00. The Morgan fingerprint density at radius 3 is 2.52 bits per heavy atom. The number of nitrogens with one attached hydrogen (secondary N) is 1. The van der Waals surface area contributed by atoms with Crippen LogP contribution in [0.3, 0.4) is 0 Å². The zero-order valence-electron chi connectivity index (χ0n) is 13.3. The van der Waals surface area contributed by atoms with Crippen LogP contribution >= 0.6 is 0 Å². The number of nitrogens with zero attached hydrogens (tertiary/aromatic N) is 2. The molecule has 1 aliphatic rings. The number of nitriles is 1. The molecule has 114 valence electrons. The Morgan fingerprint density at radius 1 is 1.29 bits per heavy atom. The van der Waals surface area contributed by atoms with E-state index in [4.69, 9.17) is 0 Å². The molecule has 1 saturated carbocycles. The van der Waals surface area contributed by atoms with Gasteiger partial charge in [0, 0.05) is 13.1 Å². The lowest BCUT2D eigenvalue weighted by atomic mass is 9.90. The lowest BCUT2D eigenvalue weighted by Gasteiger charge is -2.33. The summed E-state index contributed by atoms with van der Waals surface area (Å²) in [5, 5.41) is 13.2. The molecule has 0 saturated heterocycles. The van der Waals surface area contributed by atoms with Gasteiger partial charge in [-0.05, 0) is 37.9 Å². The second-order valence-corrected chi connectivity index (χ2v) is 6.26. The van der Waals surface area contributed by atoms with Crippen molar-refractivity contribution in [3.63, 3.8) is 0 Å². The molecule has 0 spiro atoms. The molecule has 1 unspecified atom stereocenters. The minimum Gasteiger partial charge on any atom is -0.303 e. The first kappa shape index (κ1) is 16.0. The maximum atomic E-state index is 9.83. The molecular formula is C18H27N3. The molecule has 1 fully saturated rings. The zero-order chi connectivity index (χ0) is 15.1. The SMILES string of the molecule is CCNC(C#N)(CN(C)CC1CCCC1)c1ccccc1. The van der Waals surface area contributed by atoms with Crippen molar-refractivity contribution in [1.82, 2.24) is 10.2 Å². The maximum Gasteiger partial charge on any atom is 0.145 e. The van der Waals surface area contributed by atoms with E-state index in [2.05, 4.69) is 42.4 Å². The van der Waals surface area contributed by atoms with Crippen molar-refractivity contribution < 1.29 is 0 Å². The highest BCUT2D eigenvalue weighted by Gasteiger charge is 2.33. The van der Waals surface area contributed by atoms with Crippen molar-refractivity contribution in [2.24, 2.45) is 5.92 Å². The fraction of sp³-hybridized carbons (Fsp3) is 0.611. The summed E-state index contributed by atoms with van der Waals surface area (Å²) in [5.74, 6) is 0.809. The average molecular weight is 285 g/mol. The summed E-state index contributed by atoms with van der Waals surface area (Å²) < 4.78 is 0. The van der Waals surface area contributed by atoms with Gasteiger partial charge in [-0.25, -0.2) is 0 Å². The number of likely N-dealkylation sites (N-methyl/N-ethyl adjacent to an activating group) is 2. The van der Waals surface area contributed by atoms with Gasteiger partial charge in [0.1, 0.15) is 5.54 Å². The third-order valence-electron chi connectivity index (χ3n) is 4.49. The molecule has 0 aromatic heterocycles. The molecule has 1 aromatic carbocycles. The second-order valence-electron chi connectivity index (χ2n) is 6.26. The molecule has 2 rings (SSSR count). The third kappa shape index (κ3) is 4.06. The largest absolute Gasteiger partial charge is 0.303 e. The monoisotopic (exact) mass is 285 g/mol. The van der Waals surface area contributed by atoms with E-state index in [1.807, 2.05) is 18.2 Å². The van der Waals surface area contributed by atoms with Crippen LogP contribution in [0, 0.1) is 17.2 Å². The number of benzene rings is 1. The Labute approximate surface area is 129 Å². The normalized spacial score (nSPS) is 18.6. The summed E-state index contributed by atoms with van der Waals surface area (Å²) >= 11 is 0. The molecule has 0 amide bonds. The first-order chi connectivity index (χ1) is 10.2. The molecule has 3 nitrogen and oxygen atoms in total. The van der Waals surface area contributed by atoms with Gasteiger partial charge in [0.25, 0.3) is 0 Å². The number of rotatable bonds is 7. The maximum absolute atomic E-state index is 9.83. The van der Waals surface area contributed by atoms with Gasteiger partial charge < -0.3 is 4.90 Å². The molecule has 1 atom stereocenters. The van der Waals surface area contributed by atoms with Crippen LogP contribution in [0.25, 0.3) is 0 Å². The fourth-order valence-electron chi connectivity index (χ4n) is 3.52. The Bertz CT molecular complexity index is 459. The Hall–Kier alpha value is -1.37. The number of hydrogen-bond acceptors (Lipinski definition) is 3. The van der Waals surface area contributed by atoms with Gasteiger partial charge in [0.2, 0.25) is 0 Å². The lowest BCUT2D eigenvalue weighted by Crippen LogP contribution is -2.50. The van der Waals surface area contributed by atoms with Crippen molar-refractivity contribution in [2.45, 2.75) is 38.1 Å². The van der Waals surface area contributed by atoms with Crippen LogP contribution < -0.4 is 5.32 Å². The Balaban J connectivity index is 2.10. The van der Waals surface area contributed by atoms with Crippen molar-refractivity contribution in [1.29, 1.82) is 5.26 Å². The fourth-order valence-corrected chi connectivity index (χ4v) is 3.52. The molecule has 1 aliphatic carbocycles. The molecule has 1 aromatic rings. The van der Waals surface area contributed by atoms with Gasteiger partial charge in [-0.1, -0.05) is 50.1 Å². The summed E-state index contributed by atoms with van der Waals surface area (Å²) in [5.41, 5.74) is 0.455. The van der Waals surface area contributed by atoms with Crippen LogP contribution in [0.15, 0.2) is 30.3 Å². The Kier molecular flexibility index (Phi) is 5.78. The molecule has 0 heterocycles. The summed E-state index contributed by atoms with van der Waals surface area (Å²) in [6.07, 6.45) is 5.43. The highest BCUT2D eigenvalue weighted by atomic mass is 15.1. The van der Waals surface area contributed by atoms with Crippen LogP contribution in [0.1, 0.15) is 38.2 Å². The van der Waals surface area contributed by atoms with E-state index in [0.29, 0.717) is 0 Å². The molecule has 0 bridgehead atoms. The van der Waals surface area contributed by atoms with Gasteiger partial charge in [-0.15, -0.1) is 0 Å². The van der Waals surface area contributed by atoms with Gasteiger partial charge in [0.15, 0.2) is 0 Å². The molecule has 21 heavy (non-hydrogen) atoms. The zero-order valence-corrected chi connectivity index (χ0v) is 13.3. The second kappa shape index (κ2) is 7.59. The van der Waals surface area contributed by atoms with E-state index >= 15 is 0 Å². The van der Waals surface area contributed by atoms with Crippen LogP contribution in [0.2, 0.25) is 0 Å². The van der Waals surface area contributed by atoms with E-state index in [9.17, 15) is 5.26 Å². The van der Waals surface area contributed by atoms with E-state index < -0.39 is 5.54 Å². The summed E-state index contributed by atoms with van der Waals surface area (Å²) in [6.45, 7) is 4.69. The van der Waals surface area contributed by atoms with Crippen LogP contribution in [0.4, 0.5) is 0 Å². The highest BCUT2D eigenvalue weighted by Crippen LogP contribution is 2.27. The Morgan fingerprint density at radius 2 is 1.95 bits per heavy atom. The van der Waals surface area contributed by atoms with Crippen molar-refractivity contribution >= 4 is 0 Å².